The fraction of sp³-hybridized carbons (Fsp3) is 0.579. The molecule has 1 amide bonds. The number of benzene rings is 1. The molecule has 2 rings (SSSR count). The number of nitrogens with zero attached hydrogens (tertiary/aromatic N) is 1. The summed E-state index contributed by atoms with van der Waals surface area (Å²) in [5.74, 6) is -1.59. The number of nitrogens with one attached hydrogen (secondary N) is 1. The zero-order chi connectivity index (χ0) is 20.2. The third-order valence-corrected chi connectivity index (χ3v) is 6.73. The standard InChI is InChI=1S/C19H28N2O5S/c1-13(2)11-16(19(23)24)20-18(22)15-8-7-14(3)17(12-15)27(25,26)21-9-5-4-6-10-21/h7-8,12-13,16H,4-6,9-11H2,1-3H3,(H,20,22)(H,23,24)/t16-/m0/s1. The molecule has 0 spiro atoms. The minimum atomic E-state index is -3.68. The summed E-state index contributed by atoms with van der Waals surface area (Å²) in [4.78, 5) is 24.0. The van der Waals surface area contributed by atoms with Crippen LogP contribution in [0.5, 0.6) is 0 Å². The van der Waals surface area contributed by atoms with Crippen LogP contribution in [-0.4, -0.2) is 48.8 Å². The summed E-state index contributed by atoms with van der Waals surface area (Å²) >= 11 is 0. The number of piperidine rings is 1. The predicted octanol–water partition coefficient (Wildman–Crippen LogP) is 2.40. The van der Waals surface area contributed by atoms with Gasteiger partial charge in [0.15, 0.2) is 0 Å². The smallest absolute Gasteiger partial charge is 0.326 e. The van der Waals surface area contributed by atoms with E-state index in [4.69, 9.17) is 0 Å². The number of hydrogen-bond acceptors (Lipinski definition) is 4. The fourth-order valence-electron chi connectivity index (χ4n) is 3.20. The molecule has 1 aromatic carbocycles. The molecule has 1 aliphatic heterocycles. The molecule has 0 aromatic heterocycles. The second-order valence-corrected chi connectivity index (χ2v) is 9.35. The van der Waals surface area contributed by atoms with Crippen LogP contribution >= 0.6 is 0 Å². The van der Waals surface area contributed by atoms with E-state index in [-0.39, 0.29) is 16.4 Å². The number of carbonyl (C=O) groups is 2. The van der Waals surface area contributed by atoms with Gasteiger partial charge in [-0.2, -0.15) is 4.31 Å². The first-order chi connectivity index (χ1) is 12.6. The van der Waals surface area contributed by atoms with E-state index >= 15 is 0 Å². The summed E-state index contributed by atoms with van der Waals surface area (Å²) in [5.41, 5.74) is 0.709. The van der Waals surface area contributed by atoms with Crippen molar-refractivity contribution >= 4 is 21.9 Å². The lowest BCUT2D eigenvalue weighted by atomic mass is 10.0. The van der Waals surface area contributed by atoms with Gasteiger partial charge in [0.1, 0.15) is 6.04 Å². The van der Waals surface area contributed by atoms with Crippen LogP contribution < -0.4 is 5.32 Å². The Kier molecular flexibility index (Phi) is 7.00. The molecule has 0 radical (unpaired) electrons. The van der Waals surface area contributed by atoms with Crippen LogP contribution in [0.1, 0.15) is 55.5 Å². The lowest BCUT2D eigenvalue weighted by Gasteiger charge is -2.26. The Morgan fingerprint density at radius 2 is 1.81 bits per heavy atom. The van der Waals surface area contributed by atoms with Gasteiger partial charge in [-0.15, -0.1) is 0 Å². The average molecular weight is 397 g/mol. The van der Waals surface area contributed by atoms with Gasteiger partial charge in [-0.05, 0) is 49.8 Å². The van der Waals surface area contributed by atoms with Crippen molar-refractivity contribution in [3.8, 4) is 0 Å². The first-order valence-electron chi connectivity index (χ1n) is 9.27. The van der Waals surface area contributed by atoms with Crippen LogP contribution in [-0.2, 0) is 14.8 Å². The van der Waals surface area contributed by atoms with Gasteiger partial charge < -0.3 is 10.4 Å². The number of rotatable bonds is 7. The molecule has 0 saturated carbocycles. The van der Waals surface area contributed by atoms with Crippen LogP contribution in [0.2, 0.25) is 0 Å². The normalized spacial score (nSPS) is 16.9. The lowest BCUT2D eigenvalue weighted by Crippen LogP contribution is -2.41. The van der Waals surface area contributed by atoms with Crippen molar-refractivity contribution in [2.24, 2.45) is 5.92 Å². The quantitative estimate of drug-likeness (QED) is 0.736. The molecule has 27 heavy (non-hydrogen) atoms. The van der Waals surface area contributed by atoms with E-state index in [0.29, 0.717) is 25.1 Å². The van der Waals surface area contributed by atoms with Gasteiger partial charge in [0.2, 0.25) is 10.0 Å². The SMILES string of the molecule is Cc1ccc(C(=O)N[C@@H](CC(C)C)C(=O)O)cc1S(=O)(=O)N1CCCCC1. The number of carbonyl (C=O) groups excluding carboxylic acids is 1. The van der Waals surface area contributed by atoms with E-state index in [0.717, 1.165) is 19.3 Å². The Hall–Kier alpha value is -1.93. The third-order valence-electron chi connectivity index (χ3n) is 4.69. The molecule has 1 aromatic rings. The summed E-state index contributed by atoms with van der Waals surface area (Å²) < 4.78 is 27.4. The Labute approximate surface area is 160 Å². The second-order valence-electron chi connectivity index (χ2n) is 7.44. The van der Waals surface area contributed by atoms with Gasteiger partial charge in [0.25, 0.3) is 5.91 Å². The van der Waals surface area contributed by atoms with Crippen LogP contribution in [0.3, 0.4) is 0 Å². The largest absolute Gasteiger partial charge is 0.480 e. The zero-order valence-corrected chi connectivity index (χ0v) is 16.9. The number of carboxylic acid groups (broad SMARTS) is 1. The molecule has 1 fully saturated rings. The van der Waals surface area contributed by atoms with Crippen LogP contribution in [0.25, 0.3) is 0 Å². The van der Waals surface area contributed by atoms with Gasteiger partial charge in [-0.1, -0.05) is 26.3 Å². The molecular formula is C19H28N2O5S. The summed E-state index contributed by atoms with van der Waals surface area (Å²) in [6, 6.07) is 3.45. The molecule has 1 aliphatic rings. The molecule has 7 nitrogen and oxygen atoms in total. The fourth-order valence-corrected chi connectivity index (χ4v) is 4.97. The molecule has 150 valence electrons. The van der Waals surface area contributed by atoms with E-state index in [1.165, 1.54) is 16.4 Å². The topological polar surface area (TPSA) is 104 Å². The number of aliphatic carboxylic acids is 1. The average Bonchev–Trinajstić information content (AvgIpc) is 2.61. The maximum absolute atomic E-state index is 13.0. The van der Waals surface area contributed by atoms with Gasteiger partial charge in [-0.3, -0.25) is 4.79 Å². The molecule has 0 aliphatic carbocycles. The van der Waals surface area contributed by atoms with Crippen molar-refractivity contribution in [1.29, 1.82) is 0 Å². The number of sulfonamides is 1. The number of carboxylic acids is 1. The first kappa shape index (κ1) is 21.4. The molecule has 2 N–H and O–H groups in total. The number of aryl methyl sites for hydroxylation is 1. The molecule has 0 bridgehead atoms. The van der Waals surface area contributed by atoms with Crippen LogP contribution in [0, 0.1) is 12.8 Å². The lowest BCUT2D eigenvalue weighted by molar-refractivity contribution is -0.139. The molecule has 0 unspecified atom stereocenters. The van der Waals surface area contributed by atoms with E-state index in [2.05, 4.69) is 5.32 Å². The van der Waals surface area contributed by atoms with E-state index < -0.39 is 27.9 Å². The Balaban J connectivity index is 2.28. The predicted molar refractivity (Wildman–Crippen MR) is 102 cm³/mol. The first-order valence-corrected chi connectivity index (χ1v) is 10.7. The van der Waals surface area contributed by atoms with E-state index in [9.17, 15) is 23.1 Å². The van der Waals surface area contributed by atoms with E-state index in [1.54, 1.807) is 13.0 Å². The highest BCUT2D eigenvalue weighted by atomic mass is 32.2. The Morgan fingerprint density at radius 1 is 1.19 bits per heavy atom. The summed E-state index contributed by atoms with van der Waals surface area (Å²) in [5, 5.41) is 11.8. The maximum Gasteiger partial charge on any atom is 0.326 e. The molecule has 1 atom stereocenters. The molecule has 8 heteroatoms. The highest BCUT2D eigenvalue weighted by Crippen LogP contribution is 2.24. The molecule has 1 heterocycles. The van der Waals surface area contributed by atoms with Gasteiger partial charge in [-0.25, -0.2) is 13.2 Å². The second kappa shape index (κ2) is 8.84. The van der Waals surface area contributed by atoms with Crippen molar-refractivity contribution in [3.63, 3.8) is 0 Å². The van der Waals surface area contributed by atoms with Gasteiger partial charge in [0.05, 0.1) is 4.90 Å². The minimum absolute atomic E-state index is 0.0967. The number of amides is 1. The maximum atomic E-state index is 13.0. The van der Waals surface area contributed by atoms with Crippen LogP contribution in [0.4, 0.5) is 0 Å². The van der Waals surface area contributed by atoms with Gasteiger partial charge in [0, 0.05) is 18.7 Å². The van der Waals surface area contributed by atoms with Crippen molar-refractivity contribution < 1.29 is 23.1 Å². The van der Waals surface area contributed by atoms with Crippen LogP contribution in [0.15, 0.2) is 23.1 Å². The Morgan fingerprint density at radius 3 is 2.37 bits per heavy atom. The van der Waals surface area contributed by atoms with Crippen molar-refractivity contribution in [1.82, 2.24) is 9.62 Å². The minimum Gasteiger partial charge on any atom is -0.480 e. The summed E-state index contributed by atoms with van der Waals surface area (Å²) in [7, 11) is -3.68. The third kappa shape index (κ3) is 5.29. The number of hydrogen-bond donors (Lipinski definition) is 2. The zero-order valence-electron chi connectivity index (χ0n) is 16.1. The molecular weight excluding hydrogens is 368 g/mol. The van der Waals surface area contributed by atoms with E-state index in [1.807, 2.05) is 13.8 Å². The van der Waals surface area contributed by atoms with Crippen molar-refractivity contribution in [3.05, 3.63) is 29.3 Å². The summed E-state index contributed by atoms with van der Waals surface area (Å²) in [6.07, 6.45) is 2.97. The van der Waals surface area contributed by atoms with Crippen molar-refractivity contribution in [2.45, 2.75) is 57.4 Å². The van der Waals surface area contributed by atoms with Gasteiger partial charge >= 0.3 is 5.97 Å². The monoisotopic (exact) mass is 396 g/mol. The van der Waals surface area contributed by atoms with Crippen molar-refractivity contribution in [2.75, 3.05) is 13.1 Å². The highest BCUT2D eigenvalue weighted by Gasteiger charge is 2.29. The molecule has 1 saturated heterocycles. The highest BCUT2D eigenvalue weighted by molar-refractivity contribution is 7.89. The summed E-state index contributed by atoms with van der Waals surface area (Å²) in [6.45, 7) is 6.40. The Bertz CT molecular complexity index is 798.